The number of hydrogen-bond acceptors (Lipinski definition) is 3. The van der Waals surface area contributed by atoms with Gasteiger partial charge in [0.15, 0.2) is 0 Å². The Morgan fingerprint density at radius 1 is 1.00 bits per heavy atom. The van der Waals surface area contributed by atoms with Crippen molar-refractivity contribution in [2.45, 2.75) is 26.4 Å². The van der Waals surface area contributed by atoms with E-state index in [1.807, 2.05) is 0 Å². The van der Waals surface area contributed by atoms with E-state index >= 15 is 0 Å². The van der Waals surface area contributed by atoms with Gasteiger partial charge in [0.1, 0.15) is 12.4 Å². The molecule has 0 spiro atoms. The van der Waals surface area contributed by atoms with Crippen LogP contribution < -0.4 is 4.74 Å². The second-order valence-electron chi connectivity index (χ2n) is 6.44. The third-order valence-electron chi connectivity index (χ3n) is 4.51. The first-order valence-electron chi connectivity index (χ1n) is 8.87. The quantitative estimate of drug-likeness (QED) is 0.772. The molecule has 0 amide bonds. The van der Waals surface area contributed by atoms with E-state index in [0.29, 0.717) is 6.61 Å². The lowest BCUT2D eigenvalue weighted by atomic mass is 10.1. The van der Waals surface area contributed by atoms with E-state index in [9.17, 15) is 0 Å². The van der Waals surface area contributed by atoms with Crippen molar-refractivity contribution in [2.75, 3.05) is 32.8 Å². The predicted octanol–water partition coefficient (Wildman–Crippen LogP) is 3.84. The molecule has 1 aliphatic heterocycles. The third kappa shape index (κ3) is 5.08. The van der Waals surface area contributed by atoms with Crippen molar-refractivity contribution in [3.63, 3.8) is 0 Å². The zero-order valence-electron chi connectivity index (χ0n) is 14.5. The van der Waals surface area contributed by atoms with Crippen LogP contribution in [0.2, 0.25) is 0 Å². The van der Waals surface area contributed by atoms with E-state index in [1.165, 1.54) is 16.7 Å². The summed E-state index contributed by atoms with van der Waals surface area (Å²) in [6.07, 6.45) is 2.21. The van der Waals surface area contributed by atoms with Crippen molar-refractivity contribution in [2.24, 2.45) is 0 Å². The molecule has 2 aromatic carbocycles. The summed E-state index contributed by atoms with van der Waals surface area (Å²) in [6.45, 7) is 7.73. The summed E-state index contributed by atoms with van der Waals surface area (Å²) in [5, 5.41) is 0. The first-order valence-corrected chi connectivity index (χ1v) is 8.87. The molecule has 0 atom stereocenters. The van der Waals surface area contributed by atoms with Crippen LogP contribution in [0.15, 0.2) is 48.5 Å². The molecule has 3 nitrogen and oxygen atoms in total. The van der Waals surface area contributed by atoms with Gasteiger partial charge < -0.3 is 9.47 Å². The molecule has 0 saturated carbocycles. The molecular weight excluding hydrogens is 298 g/mol. The van der Waals surface area contributed by atoms with Crippen molar-refractivity contribution in [1.29, 1.82) is 0 Å². The van der Waals surface area contributed by atoms with E-state index in [0.717, 1.165) is 51.4 Å². The maximum atomic E-state index is 6.07. The molecule has 0 aliphatic carbocycles. The second-order valence-corrected chi connectivity index (χ2v) is 6.44. The molecule has 2 aromatic rings. The largest absolute Gasteiger partial charge is 0.489 e. The highest BCUT2D eigenvalue weighted by Crippen LogP contribution is 2.21. The number of benzene rings is 2. The topological polar surface area (TPSA) is 21.7 Å². The van der Waals surface area contributed by atoms with E-state index in [4.69, 9.17) is 9.47 Å². The standard InChI is InChI=1S/C21H27NO2/c1-18-8-10-19(11-9-18)17-24-21-7-3-2-5-20(21)6-4-12-22-13-15-23-16-14-22/h2-3,5,7-11H,4,6,12-17H2,1H3. The minimum atomic E-state index is 0.626. The molecule has 24 heavy (non-hydrogen) atoms. The van der Waals surface area contributed by atoms with Gasteiger partial charge in [-0.15, -0.1) is 0 Å². The summed E-state index contributed by atoms with van der Waals surface area (Å²) < 4.78 is 11.5. The van der Waals surface area contributed by atoms with Crippen molar-refractivity contribution < 1.29 is 9.47 Å². The van der Waals surface area contributed by atoms with Gasteiger partial charge in [0.25, 0.3) is 0 Å². The highest BCUT2D eigenvalue weighted by atomic mass is 16.5. The summed E-state index contributed by atoms with van der Waals surface area (Å²) >= 11 is 0. The van der Waals surface area contributed by atoms with Gasteiger partial charge >= 0.3 is 0 Å². The minimum Gasteiger partial charge on any atom is -0.489 e. The van der Waals surface area contributed by atoms with Gasteiger partial charge in [0.2, 0.25) is 0 Å². The third-order valence-corrected chi connectivity index (χ3v) is 4.51. The number of ether oxygens (including phenoxy) is 2. The fourth-order valence-corrected chi connectivity index (χ4v) is 3.01. The van der Waals surface area contributed by atoms with Gasteiger partial charge in [-0.1, -0.05) is 48.0 Å². The summed E-state index contributed by atoms with van der Waals surface area (Å²) in [5.41, 5.74) is 3.80. The molecule has 0 aromatic heterocycles. The van der Waals surface area contributed by atoms with Gasteiger partial charge in [-0.3, -0.25) is 4.90 Å². The molecule has 1 aliphatic rings. The van der Waals surface area contributed by atoms with Crippen LogP contribution in [-0.2, 0) is 17.8 Å². The lowest BCUT2D eigenvalue weighted by Gasteiger charge is -2.26. The maximum Gasteiger partial charge on any atom is 0.122 e. The van der Waals surface area contributed by atoms with Crippen LogP contribution in [0.5, 0.6) is 5.75 Å². The number of para-hydroxylation sites is 1. The van der Waals surface area contributed by atoms with Crippen molar-refractivity contribution in [3.8, 4) is 5.75 Å². The molecular formula is C21H27NO2. The highest BCUT2D eigenvalue weighted by molar-refractivity contribution is 5.34. The monoisotopic (exact) mass is 325 g/mol. The lowest BCUT2D eigenvalue weighted by Crippen LogP contribution is -2.36. The van der Waals surface area contributed by atoms with Crippen LogP contribution in [0, 0.1) is 6.92 Å². The fraction of sp³-hybridized carbons (Fsp3) is 0.429. The second kappa shape index (κ2) is 8.86. The fourth-order valence-electron chi connectivity index (χ4n) is 3.01. The number of nitrogens with zero attached hydrogens (tertiary/aromatic N) is 1. The molecule has 0 N–H and O–H groups in total. The molecule has 0 bridgehead atoms. The summed E-state index contributed by atoms with van der Waals surface area (Å²) in [6, 6.07) is 17.0. The van der Waals surface area contributed by atoms with Crippen LogP contribution in [0.25, 0.3) is 0 Å². The zero-order chi connectivity index (χ0) is 16.6. The van der Waals surface area contributed by atoms with Crippen LogP contribution in [0.3, 0.4) is 0 Å². The Morgan fingerprint density at radius 2 is 1.75 bits per heavy atom. The summed E-state index contributed by atoms with van der Waals surface area (Å²) in [4.78, 5) is 2.49. The molecule has 1 fully saturated rings. The van der Waals surface area contributed by atoms with Gasteiger partial charge in [-0.05, 0) is 43.5 Å². The van der Waals surface area contributed by atoms with Crippen molar-refractivity contribution in [1.82, 2.24) is 4.90 Å². The van der Waals surface area contributed by atoms with Gasteiger partial charge in [0, 0.05) is 13.1 Å². The number of morpholine rings is 1. The summed E-state index contributed by atoms with van der Waals surface area (Å²) in [5.74, 6) is 1.01. The van der Waals surface area contributed by atoms with E-state index in [-0.39, 0.29) is 0 Å². The first kappa shape index (κ1) is 17.0. The van der Waals surface area contributed by atoms with Gasteiger partial charge in [-0.2, -0.15) is 0 Å². The predicted molar refractivity (Wildman–Crippen MR) is 97.5 cm³/mol. The Balaban J connectivity index is 1.51. The van der Waals surface area contributed by atoms with Crippen molar-refractivity contribution in [3.05, 3.63) is 65.2 Å². The molecule has 0 radical (unpaired) electrons. The smallest absolute Gasteiger partial charge is 0.122 e. The number of aryl methyl sites for hydroxylation is 2. The summed E-state index contributed by atoms with van der Waals surface area (Å²) in [7, 11) is 0. The van der Waals surface area contributed by atoms with Gasteiger partial charge in [0.05, 0.1) is 13.2 Å². The van der Waals surface area contributed by atoms with Crippen LogP contribution in [0.1, 0.15) is 23.1 Å². The molecule has 1 heterocycles. The number of rotatable bonds is 7. The average molecular weight is 325 g/mol. The Kier molecular flexibility index (Phi) is 6.27. The molecule has 1 saturated heterocycles. The lowest BCUT2D eigenvalue weighted by molar-refractivity contribution is 0.0374. The Morgan fingerprint density at radius 3 is 2.54 bits per heavy atom. The molecule has 128 valence electrons. The molecule has 0 unspecified atom stereocenters. The van der Waals surface area contributed by atoms with Gasteiger partial charge in [-0.25, -0.2) is 0 Å². The Bertz CT molecular complexity index is 618. The molecule has 3 rings (SSSR count). The van der Waals surface area contributed by atoms with Crippen LogP contribution in [-0.4, -0.2) is 37.7 Å². The van der Waals surface area contributed by atoms with Crippen LogP contribution in [0.4, 0.5) is 0 Å². The van der Waals surface area contributed by atoms with E-state index < -0.39 is 0 Å². The zero-order valence-corrected chi connectivity index (χ0v) is 14.5. The van der Waals surface area contributed by atoms with Crippen LogP contribution >= 0.6 is 0 Å². The Hall–Kier alpha value is -1.84. The maximum absolute atomic E-state index is 6.07. The normalized spacial score (nSPS) is 15.4. The first-order chi connectivity index (χ1) is 11.8. The Labute approximate surface area is 145 Å². The van der Waals surface area contributed by atoms with E-state index in [1.54, 1.807) is 0 Å². The number of hydrogen-bond donors (Lipinski definition) is 0. The van der Waals surface area contributed by atoms with Crippen molar-refractivity contribution >= 4 is 0 Å². The van der Waals surface area contributed by atoms with E-state index in [2.05, 4.69) is 60.4 Å². The minimum absolute atomic E-state index is 0.626. The average Bonchev–Trinajstić information content (AvgIpc) is 2.63. The molecule has 3 heteroatoms. The highest BCUT2D eigenvalue weighted by Gasteiger charge is 2.10. The SMILES string of the molecule is Cc1ccc(COc2ccccc2CCCN2CCOCC2)cc1.